The summed E-state index contributed by atoms with van der Waals surface area (Å²) in [4.78, 5) is 9.47. The summed E-state index contributed by atoms with van der Waals surface area (Å²) in [5.41, 5.74) is -0.0559. The molecule has 0 amide bonds. The summed E-state index contributed by atoms with van der Waals surface area (Å²) < 4.78 is 26.7. The van der Waals surface area contributed by atoms with Crippen LogP contribution in [0.3, 0.4) is 0 Å². The van der Waals surface area contributed by atoms with Gasteiger partial charge in [0.25, 0.3) is 5.69 Å². The topological polar surface area (TPSA) is 129 Å². The molecule has 0 aliphatic carbocycles. The van der Waals surface area contributed by atoms with E-state index in [0.29, 0.717) is 0 Å². The summed E-state index contributed by atoms with van der Waals surface area (Å²) in [5.74, 6) is -0.217. The fourth-order valence-electron chi connectivity index (χ4n) is 0.568. The largest absolute Gasteiger partial charge is 1.00 e. The summed E-state index contributed by atoms with van der Waals surface area (Å²) >= 11 is 3.24. The van der Waals surface area contributed by atoms with Crippen LogP contribution in [-0.2, 0) is 42.6 Å². The first-order chi connectivity index (χ1) is 6.70. The third-order valence-electron chi connectivity index (χ3n) is 1.05. The molecule has 0 saturated carbocycles. The van der Waals surface area contributed by atoms with Gasteiger partial charge in [-0.1, -0.05) is 12.1 Å². The van der Waals surface area contributed by atoms with Crippen molar-refractivity contribution in [3.63, 3.8) is 0 Å². The molecule has 0 aromatic heterocycles. The van der Waals surface area contributed by atoms with E-state index >= 15 is 0 Å². The molecule has 0 spiro atoms. The van der Waals surface area contributed by atoms with Gasteiger partial charge in [0.2, 0.25) is 0 Å². The molecule has 0 atom stereocenters. The van der Waals surface area contributed by atoms with Crippen molar-refractivity contribution < 1.29 is 105 Å². The predicted octanol–water partition coefficient (Wildman–Crippen LogP) is -6.33. The molecular weight excluding hydrogens is 400 g/mol. The summed E-state index contributed by atoms with van der Waals surface area (Å²) in [6, 6.07) is 4.70. The van der Waals surface area contributed by atoms with Crippen LogP contribution in [-0.4, -0.2) is 18.2 Å². The molecule has 1 aromatic rings. The van der Waals surface area contributed by atoms with E-state index < -0.39 is 14.0 Å². The normalized spacial score (nSPS) is 8.33. The molecule has 0 fully saturated rings. The first-order valence-electron chi connectivity index (χ1n) is 3.28. The van der Waals surface area contributed by atoms with Gasteiger partial charge in [0.15, 0.2) is 0 Å². The van der Waals surface area contributed by atoms with Gasteiger partial charge in [0, 0.05) is 12.1 Å². The SMILES string of the molecule is O=S([O-])([O-])=S.O=[N+]([O-])c1ccc([O-])cc1.[Ag+].[Na+].[Na+]. The number of nitro benzene ring substituents is 1. The van der Waals surface area contributed by atoms with Gasteiger partial charge in [0.05, 0.1) is 4.92 Å². The maximum absolute atomic E-state index is 10.4. The number of nitro groups is 1. The predicted molar refractivity (Wildman–Crippen MR) is 49.6 cm³/mol. The Morgan fingerprint density at radius 3 is 1.61 bits per heavy atom. The summed E-state index contributed by atoms with van der Waals surface area (Å²) in [7, 11) is -4.33. The van der Waals surface area contributed by atoms with E-state index in [1.165, 1.54) is 12.1 Å². The minimum Gasteiger partial charge on any atom is -0.872 e. The van der Waals surface area contributed by atoms with Crippen LogP contribution >= 0.6 is 0 Å². The average molecular weight is 404 g/mol. The molecule has 18 heavy (non-hydrogen) atoms. The molecule has 0 N–H and O–H groups in total. The van der Waals surface area contributed by atoms with E-state index in [2.05, 4.69) is 11.2 Å². The Balaban J connectivity index is -0.000000109. The molecule has 0 saturated heterocycles. The molecule has 1 aromatic carbocycles. The zero-order chi connectivity index (χ0) is 12.1. The number of nitrogens with zero attached hydrogens (tertiary/aromatic N) is 1. The Hall–Kier alpha value is 1.45. The van der Waals surface area contributed by atoms with Crippen LogP contribution in [0.1, 0.15) is 0 Å². The van der Waals surface area contributed by atoms with Gasteiger partial charge in [-0.05, 0) is 11.2 Å². The van der Waals surface area contributed by atoms with Crippen LogP contribution in [0.4, 0.5) is 5.69 Å². The van der Waals surface area contributed by atoms with Crippen molar-refractivity contribution in [3.05, 3.63) is 34.4 Å². The van der Waals surface area contributed by atoms with Gasteiger partial charge in [-0.25, -0.2) is 0 Å². The van der Waals surface area contributed by atoms with Crippen LogP contribution in [0.25, 0.3) is 0 Å². The van der Waals surface area contributed by atoms with Gasteiger partial charge in [0.1, 0.15) is 0 Å². The molecule has 0 radical (unpaired) electrons. The minimum absolute atomic E-state index is 0. The van der Waals surface area contributed by atoms with E-state index in [-0.39, 0.29) is 92.9 Å². The van der Waals surface area contributed by atoms with Gasteiger partial charge in [-0.15, -0.1) is 14.8 Å². The van der Waals surface area contributed by atoms with E-state index in [4.69, 9.17) is 13.3 Å². The van der Waals surface area contributed by atoms with Crippen molar-refractivity contribution in [1.29, 1.82) is 0 Å². The van der Waals surface area contributed by atoms with Crippen molar-refractivity contribution in [1.82, 2.24) is 0 Å². The average Bonchev–Trinajstić information content (AvgIpc) is 2.01. The third kappa shape index (κ3) is 19.8. The molecular formula is C6H4AgNNa2O6S2. The minimum atomic E-state index is -4.33. The molecule has 0 aliphatic rings. The standard InChI is InChI=1S/C6H5NO3.Ag.2Na.H2O3S2/c8-6-3-1-5(2-4-6)7(9)10;;;;1-5(2,3)4/h1-4,8H;;;;(H2,1,2,3,4)/q;3*+1;/p-3. The Bertz CT molecular complexity index is 432. The van der Waals surface area contributed by atoms with Gasteiger partial charge in [-0.3, -0.25) is 14.3 Å². The van der Waals surface area contributed by atoms with Crippen molar-refractivity contribution in [2.75, 3.05) is 0 Å². The monoisotopic (exact) mass is 403 g/mol. The molecule has 0 aliphatic heterocycles. The van der Waals surface area contributed by atoms with Crippen LogP contribution in [0.2, 0.25) is 0 Å². The van der Waals surface area contributed by atoms with E-state index in [1.807, 2.05) is 0 Å². The Morgan fingerprint density at radius 2 is 1.39 bits per heavy atom. The summed E-state index contributed by atoms with van der Waals surface area (Å²) in [6.45, 7) is 0. The number of hydrogen-bond donors (Lipinski definition) is 0. The molecule has 7 nitrogen and oxygen atoms in total. The Labute approximate surface area is 168 Å². The third-order valence-corrected chi connectivity index (χ3v) is 1.05. The Kier molecular flexibility index (Phi) is 20.7. The van der Waals surface area contributed by atoms with Crippen molar-refractivity contribution in [2.24, 2.45) is 0 Å². The zero-order valence-corrected chi connectivity index (χ0v) is 16.4. The van der Waals surface area contributed by atoms with Crippen molar-refractivity contribution in [2.45, 2.75) is 0 Å². The fourth-order valence-corrected chi connectivity index (χ4v) is 0.568. The molecule has 12 heteroatoms. The second kappa shape index (κ2) is 13.4. The quantitative estimate of drug-likeness (QED) is 0.259. The number of rotatable bonds is 1. The molecule has 1 rings (SSSR count). The fraction of sp³-hybridized carbons (Fsp3) is 0. The second-order valence-corrected chi connectivity index (χ2v) is 4.20. The first-order valence-corrected chi connectivity index (χ1v) is 5.61. The van der Waals surface area contributed by atoms with Crippen LogP contribution in [0.5, 0.6) is 5.75 Å². The maximum atomic E-state index is 10.4. The smallest absolute Gasteiger partial charge is 0.872 e. The van der Waals surface area contributed by atoms with Gasteiger partial charge in [-0.2, -0.15) is 0 Å². The molecule has 0 heterocycles. The van der Waals surface area contributed by atoms with E-state index in [9.17, 15) is 15.2 Å². The molecule has 0 unspecified atom stereocenters. The summed E-state index contributed by atoms with van der Waals surface area (Å²) in [5, 5.41) is 20.4. The van der Waals surface area contributed by atoms with E-state index in [0.717, 1.165) is 12.1 Å². The van der Waals surface area contributed by atoms with Crippen LogP contribution in [0, 0.1) is 10.1 Å². The molecule has 94 valence electrons. The van der Waals surface area contributed by atoms with Crippen molar-refractivity contribution in [3.8, 4) is 5.75 Å². The van der Waals surface area contributed by atoms with Gasteiger partial charge < -0.3 is 14.2 Å². The van der Waals surface area contributed by atoms with E-state index in [1.54, 1.807) is 0 Å². The summed E-state index contributed by atoms with van der Waals surface area (Å²) in [6.07, 6.45) is 0. The zero-order valence-electron chi connectivity index (χ0n) is 9.32. The first kappa shape index (κ1) is 27.7. The van der Waals surface area contributed by atoms with Crippen LogP contribution < -0.4 is 64.2 Å². The van der Waals surface area contributed by atoms with Gasteiger partial charge >= 0.3 is 81.5 Å². The number of non-ortho nitro benzene ring substituents is 1. The maximum Gasteiger partial charge on any atom is 1.00 e. The number of hydrogen-bond acceptors (Lipinski definition) is 7. The Morgan fingerprint density at radius 1 is 1.11 bits per heavy atom. The molecule has 0 bridgehead atoms. The number of benzene rings is 1. The van der Waals surface area contributed by atoms with Crippen LogP contribution in [0.15, 0.2) is 24.3 Å². The second-order valence-electron chi connectivity index (χ2n) is 2.16. The van der Waals surface area contributed by atoms with Crippen molar-refractivity contribution >= 4 is 25.9 Å².